The van der Waals surface area contributed by atoms with Crippen molar-refractivity contribution in [3.63, 3.8) is 0 Å². The van der Waals surface area contributed by atoms with Crippen LogP contribution in [0.1, 0.15) is 18.4 Å². The van der Waals surface area contributed by atoms with Crippen molar-refractivity contribution in [2.75, 3.05) is 25.4 Å². The van der Waals surface area contributed by atoms with Gasteiger partial charge >= 0.3 is 0 Å². The fourth-order valence-corrected chi connectivity index (χ4v) is 2.32. The van der Waals surface area contributed by atoms with E-state index >= 15 is 0 Å². The predicted octanol–water partition coefficient (Wildman–Crippen LogP) is 1.87. The van der Waals surface area contributed by atoms with E-state index in [1.54, 1.807) is 0 Å². The van der Waals surface area contributed by atoms with E-state index in [1.807, 2.05) is 12.1 Å². The molecule has 1 aliphatic carbocycles. The summed E-state index contributed by atoms with van der Waals surface area (Å²) in [5.41, 5.74) is 7.93. The number of nitrogen functional groups attached to an aromatic ring is 1. The number of anilines is 1. The molecule has 1 heterocycles. The molecule has 0 unspecified atom stereocenters. The lowest BCUT2D eigenvalue weighted by Gasteiger charge is -2.18. The molecule has 2 N–H and O–H groups in total. The van der Waals surface area contributed by atoms with Crippen molar-refractivity contribution >= 4 is 5.69 Å². The summed E-state index contributed by atoms with van der Waals surface area (Å²) < 4.78 is 5.74. The van der Waals surface area contributed by atoms with Gasteiger partial charge in [-0.15, -0.1) is 0 Å². The van der Waals surface area contributed by atoms with Crippen molar-refractivity contribution < 1.29 is 4.74 Å². The summed E-state index contributed by atoms with van der Waals surface area (Å²) in [6.07, 6.45) is 2.81. The summed E-state index contributed by atoms with van der Waals surface area (Å²) >= 11 is 0. The minimum Gasteiger partial charge on any atom is -0.490 e. The largest absolute Gasteiger partial charge is 0.490 e. The Morgan fingerprint density at radius 1 is 1.38 bits per heavy atom. The highest BCUT2D eigenvalue weighted by Crippen LogP contribution is 2.33. The quantitative estimate of drug-likeness (QED) is 0.770. The van der Waals surface area contributed by atoms with Gasteiger partial charge in [-0.05, 0) is 24.8 Å². The van der Waals surface area contributed by atoms with Crippen LogP contribution in [0.2, 0.25) is 0 Å². The molecule has 1 aromatic carbocycles. The molecule has 0 atom stereocenters. The summed E-state index contributed by atoms with van der Waals surface area (Å²) in [7, 11) is 0. The zero-order chi connectivity index (χ0) is 11.0. The van der Waals surface area contributed by atoms with Crippen LogP contribution in [0, 0.1) is 5.92 Å². The van der Waals surface area contributed by atoms with Gasteiger partial charge in [-0.1, -0.05) is 12.1 Å². The molecule has 0 bridgehead atoms. The molecule has 0 saturated heterocycles. The highest BCUT2D eigenvalue weighted by atomic mass is 16.5. The van der Waals surface area contributed by atoms with E-state index in [1.165, 1.54) is 24.9 Å². The summed E-state index contributed by atoms with van der Waals surface area (Å²) in [6.45, 7) is 3.98. The van der Waals surface area contributed by atoms with Gasteiger partial charge in [0, 0.05) is 25.2 Å². The number of hydrogen-bond acceptors (Lipinski definition) is 3. The number of para-hydroxylation sites is 1. The van der Waals surface area contributed by atoms with E-state index in [2.05, 4.69) is 11.0 Å². The zero-order valence-electron chi connectivity index (χ0n) is 9.48. The molecule has 1 fully saturated rings. The molecule has 86 valence electrons. The molecule has 1 aliphatic heterocycles. The second-order valence-electron chi connectivity index (χ2n) is 4.86. The summed E-state index contributed by atoms with van der Waals surface area (Å²) in [5, 5.41) is 0. The van der Waals surface area contributed by atoms with Gasteiger partial charge in [-0.3, -0.25) is 4.90 Å². The van der Waals surface area contributed by atoms with Crippen molar-refractivity contribution in [1.29, 1.82) is 0 Å². The molecule has 2 aliphatic rings. The number of hydrogen-bond donors (Lipinski definition) is 1. The monoisotopic (exact) mass is 218 g/mol. The van der Waals surface area contributed by atoms with E-state index in [-0.39, 0.29) is 0 Å². The number of rotatable bonds is 2. The average Bonchev–Trinajstić information content (AvgIpc) is 3.06. The molecule has 0 amide bonds. The first-order chi connectivity index (χ1) is 7.83. The van der Waals surface area contributed by atoms with E-state index < -0.39 is 0 Å². The highest BCUT2D eigenvalue weighted by molar-refractivity contribution is 5.56. The Morgan fingerprint density at radius 2 is 2.25 bits per heavy atom. The third-order valence-electron chi connectivity index (χ3n) is 3.39. The van der Waals surface area contributed by atoms with Gasteiger partial charge in [-0.25, -0.2) is 0 Å². The smallest absolute Gasteiger partial charge is 0.146 e. The van der Waals surface area contributed by atoms with Gasteiger partial charge in [0.25, 0.3) is 0 Å². The van der Waals surface area contributed by atoms with Gasteiger partial charge in [0.2, 0.25) is 0 Å². The first-order valence-electron chi connectivity index (χ1n) is 6.05. The van der Waals surface area contributed by atoms with Crippen LogP contribution in [0.3, 0.4) is 0 Å². The standard InChI is InChI=1S/C13H18N2O/c14-12-3-1-2-11-9-15(8-10-4-5-10)6-7-16-13(11)12/h1-3,10H,4-9,14H2. The van der Waals surface area contributed by atoms with E-state index in [4.69, 9.17) is 10.5 Å². The maximum absolute atomic E-state index is 5.93. The Balaban J connectivity index is 1.79. The van der Waals surface area contributed by atoms with Crippen molar-refractivity contribution in [1.82, 2.24) is 4.90 Å². The maximum Gasteiger partial charge on any atom is 0.146 e. The average molecular weight is 218 g/mol. The molecule has 1 saturated carbocycles. The Kier molecular flexibility index (Phi) is 2.48. The minimum atomic E-state index is 0.758. The molecular weight excluding hydrogens is 200 g/mol. The van der Waals surface area contributed by atoms with E-state index in [0.717, 1.165) is 37.1 Å². The number of fused-ring (bicyclic) bond motifs is 1. The molecule has 3 nitrogen and oxygen atoms in total. The molecule has 3 rings (SSSR count). The van der Waals surface area contributed by atoms with Crippen LogP contribution < -0.4 is 10.5 Å². The first-order valence-corrected chi connectivity index (χ1v) is 6.05. The van der Waals surface area contributed by atoms with Gasteiger partial charge in [0.1, 0.15) is 12.4 Å². The third kappa shape index (κ3) is 2.00. The normalized spacial score (nSPS) is 21.0. The number of nitrogens with zero attached hydrogens (tertiary/aromatic N) is 1. The van der Waals surface area contributed by atoms with E-state index in [0.29, 0.717) is 0 Å². The molecule has 0 spiro atoms. The van der Waals surface area contributed by atoms with Crippen LogP contribution in [0.15, 0.2) is 18.2 Å². The molecular formula is C13H18N2O. The molecule has 0 radical (unpaired) electrons. The summed E-state index contributed by atoms with van der Waals surface area (Å²) in [6, 6.07) is 6.05. The zero-order valence-corrected chi connectivity index (χ0v) is 9.48. The molecule has 3 heteroatoms. The van der Waals surface area contributed by atoms with Gasteiger partial charge in [0.15, 0.2) is 0 Å². The fraction of sp³-hybridized carbons (Fsp3) is 0.538. The van der Waals surface area contributed by atoms with Crippen molar-refractivity contribution in [2.45, 2.75) is 19.4 Å². The lowest BCUT2D eigenvalue weighted by molar-refractivity contribution is 0.219. The van der Waals surface area contributed by atoms with Gasteiger partial charge in [-0.2, -0.15) is 0 Å². The highest BCUT2D eigenvalue weighted by Gasteiger charge is 2.26. The number of nitrogens with two attached hydrogens (primary N) is 1. The third-order valence-corrected chi connectivity index (χ3v) is 3.39. The van der Waals surface area contributed by atoms with Crippen LogP contribution in [-0.4, -0.2) is 24.6 Å². The summed E-state index contributed by atoms with van der Waals surface area (Å²) in [4.78, 5) is 2.49. The SMILES string of the molecule is Nc1cccc2c1OCCN(CC1CC1)C2. The molecule has 16 heavy (non-hydrogen) atoms. The van der Waals surface area contributed by atoms with Crippen molar-refractivity contribution in [2.24, 2.45) is 5.92 Å². The van der Waals surface area contributed by atoms with Crippen LogP contribution in [0.4, 0.5) is 5.69 Å². The van der Waals surface area contributed by atoms with Crippen molar-refractivity contribution in [3.8, 4) is 5.75 Å². The number of ether oxygens (including phenoxy) is 1. The Morgan fingerprint density at radius 3 is 3.06 bits per heavy atom. The van der Waals surface area contributed by atoms with Crippen LogP contribution in [0.25, 0.3) is 0 Å². The fourth-order valence-electron chi connectivity index (χ4n) is 2.32. The molecule has 1 aromatic rings. The van der Waals surface area contributed by atoms with Gasteiger partial charge < -0.3 is 10.5 Å². The lowest BCUT2D eigenvalue weighted by Crippen LogP contribution is -2.27. The second-order valence-corrected chi connectivity index (χ2v) is 4.86. The predicted molar refractivity (Wildman–Crippen MR) is 64.4 cm³/mol. The van der Waals surface area contributed by atoms with Crippen LogP contribution in [-0.2, 0) is 6.54 Å². The Labute approximate surface area is 96.2 Å². The van der Waals surface area contributed by atoms with Crippen molar-refractivity contribution in [3.05, 3.63) is 23.8 Å². The minimum absolute atomic E-state index is 0.758. The topological polar surface area (TPSA) is 38.5 Å². The molecule has 0 aromatic heterocycles. The maximum atomic E-state index is 5.93. The Hall–Kier alpha value is -1.22. The lowest BCUT2D eigenvalue weighted by atomic mass is 10.1. The number of benzene rings is 1. The van der Waals surface area contributed by atoms with E-state index in [9.17, 15) is 0 Å². The van der Waals surface area contributed by atoms with Gasteiger partial charge in [0.05, 0.1) is 5.69 Å². The second kappa shape index (κ2) is 3.98. The Bertz CT molecular complexity index is 388. The van der Waals surface area contributed by atoms with Crippen LogP contribution in [0.5, 0.6) is 5.75 Å². The van der Waals surface area contributed by atoms with Crippen LogP contribution >= 0.6 is 0 Å². The first kappa shape index (κ1) is 9.97. The summed E-state index contributed by atoms with van der Waals surface area (Å²) in [5.74, 6) is 1.84.